The maximum atomic E-state index is 4.80. The zero-order chi connectivity index (χ0) is 14.5. The highest BCUT2D eigenvalue weighted by Crippen LogP contribution is 2.24. The molecule has 1 aromatic carbocycles. The molecule has 1 aliphatic rings. The van der Waals surface area contributed by atoms with Crippen molar-refractivity contribution >= 4 is 11.3 Å². The minimum atomic E-state index is 0.682. The van der Waals surface area contributed by atoms with Crippen LogP contribution >= 0.6 is 11.3 Å². The van der Waals surface area contributed by atoms with Gasteiger partial charge in [0.1, 0.15) is 5.01 Å². The van der Waals surface area contributed by atoms with Crippen molar-refractivity contribution in [2.45, 2.75) is 31.8 Å². The monoisotopic (exact) mass is 301 g/mol. The summed E-state index contributed by atoms with van der Waals surface area (Å²) in [5.74, 6) is 0. The maximum Gasteiger partial charge on any atom is 0.123 e. The summed E-state index contributed by atoms with van der Waals surface area (Å²) in [4.78, 5) is 7.27. The Kier molecular flexibility index (Phi) is 5.01. The smallest absolute Gasteiger partial charge is 0.123 e. The number of hydrogen-bond acceptors (Lipinski definition) is 4. The van der Waals surface area contributed by atoms with Gasteiger partial charge >= 0.3 is 0 Å². The molecule has 21 heavy (non-hydrogen) atoms. The first-order valence-corrected chi connectivity index (χ1v) is 8.61. The van der Waals surface area contributed by atoms with Crippen molar-refractivity contribution in [3.05, 3.63) is 41.4 Å². The molecule has 2 aromatic rings. The minimum Gasteiger partial charge on any atom is -0.317 e. The molecule has 1 aliphatic heterocycles. The van der Waals surface area contributed by atoms with Crippen LogP contribution in [-0.2, 0) is 6.54 Å². The molecule has 1 saturated heterocycles. The van der Waals surface area contributed by atoms with Gasteiger partial charge in [-0.1, -0.05) is 30.3 Å². The lowest BCUT2D eigenvalue weighted by molar-refractivity contribution is 0.214. The Bertz CT molecular complexity index is 544. The van der Waals surface area contributed by atoms with Crippen LogP contribution in [0.2, 0.25) is 0 Å². The zero-order valence-electron chi connectivity index (χ0n) is 12.6. The molecule has 3 rings (SSSR count). The molecule has 1 aromatic heterocycles. The predicted octanol–water partition coefficient (Wildman–Crippen LogP) is 3.38. The van der Waals surface area contributed by atoms with Gasteiger partial charge in [-0.3, -0.25) is 4.90 Å². The van der Waals surface area contributed by atoms with Gasteiger partial charge in [-0.2, -0.15) is 0 Å². The van der Waals surface area contributed by atoms with Crippen molar-refractivity contribution in [3.63, 3.8) is 0 Å². The third-order valence-electron chi connectivity index (χ3n) is 4.15. The Labute approximate surface area is 131 Å². The van der Waals surface area contributed by atoms with Gasteiger partial charge < -0.3 is 5.32 Å². The second kappa shape index (κ2) is 7.16. The van der Waals surface area contributed by atoms with E-state index >= 15 is 0 Å². The fourth-order valence-corrected chi connectivity index (χ4v) is 3.74. The highest BCUT2D eigenvalue weighted by Gasteiger charge is 2.17. The molecule has 0 radical (unpaired) electrons. The average molecular weight is 301 g/mol. The van der Waals surface area contributed by atoms with Crippen molar-refractivity contribution in [3.8, 4) is 10.6 Å². The van der Waals surface area contributed by atoms with Crippen LogP contribution in [0.1, 0.15) is 25.0 Å². The number of hydrogen-bond donors (Lipinski definition) is 1. The highest BCUT2D eigenvalue weighted by molar-refractivity contribution is 7.13. The first-order chi connectivity index (χ1) is 10.3. The number of benzene rings is 1. The lowest BCUT2D eigenvalue weighted by Crippen LogP contribution is -2.32. The summed E-state index contributed by atoms with van der Waals surface area (Å²) in [6, 6.07) is 11.1. The molecule has 3 nitrogen and oxygen atoms in total. The van der Waals surface area contributed by atoms with Crippen LogP contribution in [-0.4, -0.2) is 36.1 Å². The molecule has 1 atom stereocenters. The van der Waals surface area contributed by atoms with Crippen LogP contribution < -0.4 is 5.32 Å². The number of thiazole rings is 1. The fraction of sp³-hybridized carbons (Fsp3) is 0.471. The molecule has 0 amide bonds. The Morgan fingerprint density at radius 1 is 1.24 bits per heavy atom. The van der Waals surface area contributed by atoms with Crippen LogP contribution in [0, 0.1) is 0 Å². The molecule has 4 heteroatoms. The van der Waals surface area contributed by atoms with Crippen molar-refractivity contribution in [1.82, 2.24) is 15.2 Å². The molecule has 1 unspecified atom stereocenters. The summed E-state index contributed by atoms with van der Waals surface area (Å²) in [7, 11) is 2.23. The van der Waals surface area contributed by atoms with E-state index in [0.717, 1.165) is 18.1 Å². The molecule has 1 fully saturated rings. The molecule has 0 saturated carbocycles. The van der Waals surface area contributed by atoms with E-state index in [9.17, 15) is 0 Å². The lowest BCUT2D eigenvalue weighted by Gasteiger charge is -2.25. The van der Waals surface area contributed by atoms with Gasteiger partial charge in [0.2, 0.25) is 0 Å². The normalized spacial score (nSPS) is 19.6. The van der Waals surface area contributed by atoms with Crippen LogP contribution in [0.25, 0.3) is 10.6 Å². The predicted molar refractivity (Wildman–Crippen MR) is 89.5 cm³/mol. The van der Waals surface area contributed by atoms with Gasteiger partial charge in [0.25, 0.3) is 0 Å². The summed E-state index contributed by atoms with van der Waals surface area (Å²) in [5, 5.41) is 6.81. The summed E-state index contributed by atoms with van der Waals surface area (Å²) >= 11 is 1.75. The second-order valence-corrected chi connectivity index (χ2v) is 6.62. The lowest BCUT2D eigenvalue weighted by atomic mass is 10.1. The van der Waals surface area contributed by atoms with Gasteiger partial charge in [-0.15, -0.1) is 11.3 Å². The molecule has 0 spiro atoms. The summed E-state index contributed by atoms with van der Waals surface area (Å²) in [5.41, 5.74) is 2.41. The number of rotatable bonds is 4. The Balaban J connectivity index is 1.64. The van der Waals surface area contributed by atoms with Gasteiger partial charge in [0.15, 0.2) is 0 Å². The van der Waals surface area contributed by atoms with Gasteiger partial charge in [0.05, 0.1) is 5.69 Å². The Hall–Kier alpha value is -1.23. The number of nitrogens with zero attached hydrogens (tertiary/aromatic N) is 2. The standard InChI is InChI=1S/C17H23N3S/c1-20(16-8-5-10-18-11-9-16)12-15-13-21-17(19-15)14-6-3-2-4-7-14/h2-4,6-7,13,16,18H,5,8-12H2,1H3. The van der Waals surface area contributed by atoms with Gasteiger partial charge in [-0.25, -0.2) is 4.98 Å². The highest BCUT2D eigenvalue weighted by atomic mass is 32.1. The van der Waals surface area contributed by atoms with Crippen molar-refractivity contribution < 1.29 is 0 Å². The summed E-state index contributed by atoms with van der Waals surface area (Å²) in [6.07, 6.45) is 3.81. The molecular weight excluding hydrogens is 278 g/mol. The quantitative estimate of drug-likeness (QED) is 0.938. The third-order valence-corrected chi connectivity index (χ3v) is 5.09. The van der Waals surface area contributed by atoms with Crippen LogP contribution in [0.4, 0.5) is 0 Å². The molecule has 112 valence electrons. The molecule has 2 heterocycles. The van der Waals surface area contributed by atoms with E-state index in [0.29, 0.717) is 6.04 Å². The number of aromatic nitrogens is 1. The molecular formula is C17H23N3S. The molecule has 1 N–H and O–H groups in total. The zero-order valence-corrected chi connectivity index (χ0v) is 13.4. The van der Waals surface area contributed by atoms with Gasteiger partial charge in [0, 0.05) is 23.5 Å². The Morgan fingerprint density at radius 2 is 2.10 bits per heavy atom. The first-order valence-electron chi connectivity index (χ1n) is 7.74. The summed E-state index contributed by atoms with van der Waals surface area (Å²) < 4.78 is 0. The maximum absolute atomic E-state index is 4.80. The van der Waals surface area contributed by atoms with E-state index in [4.69, 9.17) is 4.98 Å². The van der Waals surface area contributed by atoms with E-state index in [2.05, 4.69) is 46.9 Å². The molecule has 0 aliphatic carbocycles. The first kappa shape index (κ1) is 14.7. The van der Waals surface area contributed by atoms with Crippen LogP contribution in [0.5, 0.6) is 0 Å². The van der Waals surface area contributed by atoms with Crippen molar-refractivity contribution in [2.24, 2.45) is 0 Å². The van der Waals surface area contributed by atoms with Crippen LogP contribution in [0.3, 0.4) is 0 Å². The largest absolute Gasteiger partial charge is 0.317 e. The van der Waals surface area contributed by atoms with E-state index in [1.54, 1.807) is 11.3 Å². The summed E-state index contributed by atoms with van der Waals surface area (Å²) in [6.45, 7) is 3.26. The van der Waals surface area contributed by atoms with Crippen molar-refractivity contribution in [2.75, 3.05) is 20.1 Å². The fourth-order valence-electron chi connectivity index (χ4n) is 2.92. The van der Waals surface area contributed by atoms with Crippen LogP contribution in [0.15, 0.2) is 35.7 Å². The van der Waals surface area contributed by atoms with Crippen molar-refractivity contribution in [1.29, 1.82) is 0 Å². The minimum absolute atomic E-state index is 0.682. The Morgan fingerprint density at radius 3 is 2.95 bits per heavy atom. The molecule has 0 bridgehead atoms. The SMILES string of the molecule is CN(Cc1csc(-c2ccccc2)n1)C1CCCNCC1. The third kappa shape index (κ3) is 3.90. The van der Waals surface area contributed by atoms with E-state index < -0.39 is 0 Å². The van der Waals surface area contributed by atoms with E-state index in [-0.39, 0.29) is 0 Å². The van der Waals surface area contributed by atoms with E-state index in [1.807, 2.05) is 6.07 Å². The van der Waals surface area contributed by atoms with E-state index in [1.165, 1.54) is 37.1 Å². The topological polar surface area (TPSA) is 28.2 Å². The van der Waals surface area contributed by atoms with Gasteiger partial charge in [-0.05, 0) is 39.4 Å². The number of nitrogens with one attached hydrogen (secondary N) is 1. The second-order valence-electron chi connectivity index (χ2n) is 5.76. The average Bonchev–Trinajstić information content (AvgIpc) is 2.81.